The number of H-pyrrole nitrogens is 1. The number of alkyl halides is 3. The fourth-order valence-corrected chi connectivity index (χ4v) is 8.08. The van der Waals surface area contributed by atoms with Crippen molar-refractivity contribution in [2.75, 3.05) is 63.3 Å². The number of carboxylic acid groups (broad SMARTS) is 1. The quantitative estimate of drug-likeness (QED) is 0.149. The third-order valence-electron chi connectivity index (χ3n) is 10.9. The Bertz CT molecular complexity index is 1890. The zero-order valence-corrected chi connectivity index (χ0v) is 30.0. The van der Waals surface area contributed by atoms with Gasteiger partial charge in [-0.05, 0) is 75.9 Å². The molecule has 1 atom stereocenters. The van der Waals surface area contributed by atoms with Crippen LogP contribution in [0.1, 0.15) is 75.6 Å². The second-order valence-corrected chi connectivity index (χ2v) is 15.0. The van der Waals surface area contributed by atoms with Crippen LogP contribution in [0.2, 0.25) is 0 Å². The molecule has 3 aliphatic rings. The van der Waals surface area contributed by atoms with Crippen molar-refractivity contribution in [3.05, 3.63) is 47.9 Å². The van der Waals surface area contributed by atoms with Gasteiger partial charge < -0.3 is 24.6 Å². The van der Waals surface area contributed by atoms with Crippen LogP contribution in [0.25, 0.3) is 33.8 Å². The van der Waals surface area contributed by atoms with Crippen LogP contribution in [-0.2, 0) is 15.7 Å². The Morgan fingerprint density at radius 1 is 1.10 bits per heavy atom. The zero-order valence-electron chi connectivity index (χ0n) is 30.0. The predicted octanol–water partition coefficient (Wildman–Crippen LogP) is 7.00. The molecule has 0 spiro atoms. The maximum atomic E-state index is 14.0. The van der Waals surface area contributed by atoms with Gasteiger partial charge in [-0.15, -0.1) is 0 Å². The number of nitrogens with one attached hydrogen (secondary N) is 1. The molecule has 7 rings (SSSR count). The van der Waals surface area contributed by atoms with Gasteiger partial charge in [0.2, 0.25) is 0 Å². The number of hydrogen-bond acceptors (Lipinski definition) is 9. The lowest BCUT2D eigenvalue weighted by Gasteiger charge is -2.40. The lowest BCUT2D eigenvalue weighted by Crippen LogP contribution is -2.52. The van der Waals surface area contributed by atoms with Crippen LogP contribution in [0.4, 0.5) is 24.7 Å². The Labute approximate surface area is 301 Å². The number of pyridine rings is 3. The molecule has 0 unspecified atom stereocenters. The number of rotatable bonds is 13. The van der Waals surface area contributed by atoms with E-state index in [0.717, 1.165) is 87.8 Å². The largest absolute Gasteiger partial charge is 0.481 e. The Balaban J connectivity index is 1.21. The second-order valence-electron chi connectivity index (χ2n) is 15.0. The van der Waals surface area contributed by atoms with Gasteiger partial charge in [-0.2, -0.15) is 13.2 Å². The Morgan fingerprint density at radius 2 is 1.88 bits per heavy atom. The highest BCUT2D eigenvalue weighted by molar-refractivity contribution is 5.91. The number of ether oxygens (including phenoxy) is 1. The third kappa shape index (κ3) is 7.87. The van der Waals surface area contributed by atoms with Crippen molar-refractivity contribution < 1.29 is 27.8 Å². The number of aromatic nitrogens is 5. The monoisotopic (exact) mass is 720 g/mol. The highest BCUT2D eigenvalue weighted by Crippen LogP contribution is 2.44. The molecule has 1 saturated heterocycles. The lowest BCUT2D eigenvalue weighted by molar-refractivity contribution is -0.141. The number of anilines is 2. The first-order valence-corrected chi connectivity index (χ1v) is 18.3. The molecule has 0 aromatic carbocycles. The number of nitrogens with zero attached hydrogens (tertiary/aromatic N) is 7. The maximum absolute atomic E-state index is 14.0. The summed E-state index contributed by atoms with van der Waals surface area (Å²) in [7, 11) is 3.75. The van der Waals surface area contributed by atoms with Gasteiger partial charge in [-0.3, -0.25) is 9.69 Å². The van der Waals surface area contributed by atoms with Crippen LogP contribution in [0.3, 0.4) is 0 Å². The maximum Gasteiger partial charge on any atom is 0.433 e. The molecular weight excluding hydrogens is 673 g/mol. The first-order chi connectivity index (χ1) is 24.9. The fourth-order valence-electron chi connectivity index (χ4n) is 8.08. The molecule has 52 heavy (non-hydrogen) atoms. The molecule has 5 heterocycles. The third-order valence-corrected chi connectivity index (χ3v) is 10.9. The van der Waals surface area contributed by atoms with Crippen molar-refractivity contribution in [3.8, 4) is 22.6 Å². The van der Waals surface area contributed by atoms with Crippen molar-refractivity contribution in [1.29, 1.82) is 0 Å². The van der Waals surface area contributed by atoms with Gasteiger partial charge in [0.25, 0.3) is 0 Å². The summed E-state index contributed by atoms with van der Waals surface area (Å²) in [5, 5.41) is 8.98. The van der Waals surface area contributed by atoms with Crippen molar-refractivity contribution in [3.63, 3.8) is 0 Å². The average Bonchev–Trinajstić information content (AvgIpc) is 3.72. The SMILES string of the molecule is COCC1(CN(C)c2cc(-c3cc(C4CC4)nc(C(F)(F)F)c3)nc3nc(-c4ccc(N5CCN(CCCC(=O)O)C[C@H]5C)nc4)[nH]c23)CCCC1. The topological polar surface area (TPSA) is 124 Å². The summed E-state index contributed by atoms with van der Waals surface area (Å²) in [6, 6.07) is 8.88. The summed E-state index contributed by atoms with van der Waals surface area (Å²) in [5.41, 5.74) is 3.00. The highest BCUT2D eigenvalue weighted by atomic mass is 19.4. The molecule has 0 amide bonds. The summed E-state index contributed by atoms with van der Waals surface area (Å²) >= 11 is 0. The van der Waals surface area contributed by atoms with E-state index in [1.807, 2.05) is 25.2 Å². The number of methoxy groups -OCH3 is 1. The van der Waals surface area contributed by atoms with E-state index >= 15 is 0 Å². The molecule has 4 aromatic rings. The summed E-state index contributed by atoms with van der Waals surface area (Å²) in [5.74, 6) is 0.686. The number of piperazine rings is 1. The molecule has 4 aromatic heterocycles. The molecule has 2 aliphatic carbocycles. The number of halogens is 3. The number of fused-ring (bicyclic) bond motifs is 1. The molecule has 278 valence electrons. The van der Waals surface area contributed by atoms with E-state index in [4.69, 9.17) is 24.8 Å². The average molecular weight is 721 g/mol. The van der Waals surface area contributed by atoms with Gasteiger partial charge in [0, 0.05) is 87.1 Å². The summed E-state index contributed by atoms with van der Waals surface area (Å²) < 4.78 is 47.8. The Hall–Kier alpha value is -4.30. The van der Waals surface area contributed by atoms with E-state index in [9.17, 15) is 18.0 Å². The number of imidazole rings is 1. The molecule has 1 aliphatic heterocycles. The lowest BCUT2D eigenvalue weighted by atomic mass is 9.86. The van der Waals surface area contributed by atoms with Gasteiger partial charge >= 0.3 is 12.1 Å². The molecule has 14 heteroatoms. The minimum absolute atomic E-state index is 0.0256. The van der Waals surface area contributed by atoms with Crippen LogP contribution >= 0.6 is 0 Å². The standard InChI is InChI=1S/C38H47F3N8O3/c1-24-21-48(14-6-7-33(50)51)15-16-49(24)32-11-10-26(20-42-32)35-45-34-30(47(2)22-37(23-52-3)12-4-5-13-37)19-29(44-36(34)46-35)27-17-28(25-8-9-25)43-31(18-27)38(39,40)41/h10-11,17-20,24-25H,4-9,12-16,21-23H2,1-3H3,(H,50,51)(H,44,45,46)/t24-/m1/s1. The van der Waals surface area contributed by atoms with Crippen molar-refractivity contribution in [2.24, 2.45) is 5.41 Å². The Kier molecular flexibility index (Phi) is 10.1. The van der Waals surface area contributed by atoms with Crippen molar-refractivity contribution in [2.45, 2.75) is 76.4 Å². The number of carbonyl (C=O) groups is 1. The van der Waals surface area contributed by atoms with Gasteiger partial charge in [0.15, 0.2) is 5.65 Å². The summed E-state index contributed by atoms with van der Waals surface area (Å²) in [4.78, 5) is 39.7. The number of hydrogen-bond donors (Lipinski definition) is 2. The van der Waals surface area contributed by atoms with E-state index < -0.39 is 17.8 Å². The van der Waals surface area contributed by atoms with Crippen LogP contribution in [0.15, 0.2) is 36.5 Å². The van der Waals surface area contributed by atoms with Crippen LogP contribution in [0, 0.1) is 5.41 Å². The number of carboxylic acids is 1. The number of aliphatic carboxylic acids is 1. The summed E-state index contributed by atoms with van der Waals surface area (Å²) in [6.45, 7) is 6.69. The molecule has 0 bridgehead atoms. The first kappa shape index (κ1) is 36.1. The van der Waals surface area contributed by atoms with Crippen molar-refractivity contribution >= 4 is 28.6 Å². The van der Waals surface area contributed by atoms with Gasteiger partial charge in [0.1, 0.15) is 22.9 Å². The van der Waals surface area contributed by atoms with Gasteiger partial charge in [-0.25, -0.2) is 19.9 Å². The zero-order chi connectivity index (χ0) is 36.6. The van der Waals surface area contributed by atoms with E-state index in [1.54, 1.807) is 19.4 Å². The molecule has 2 saturated carbocycles. The minimum Gasteiger partial charge on any atom is -0.481 e. The normalized spacial score (nSPS) is 19.4. The van der Waals surface area contributed by atoms with Gasteiger partial charge in [0.05, 0.1) is 18.0 Å². The molecule has 3 fully saturated rings. The van der Waals surface area contributed by atoms with E-state index in [0.29, 0.717) is 53.5 Å². The fraction of sp³-hybridized carbons (Fsp3) is 0.553. The van der Waals surface area contributed by atoms with Crippen molar-refractivity contribution in [1.82, 2.24) is 29.8 Å². The molecule has 2 N–H and O–H groups in total. The van der Waals surface area contributed by atoms with E-state index in [2.05, 4.69) is 31.6 Å². The summed E-state index contributed by atoms with van der Waals surface area (Å²) in [6.07, 6.45) is 4.02. The smallest absolute Gasteiger partial charge is 0.433 e. The van der Waals surface area contributed by atoms with E-state index in [-0.39, 0.29) is 23.8 Å². The first-order valence-electron chi connectivity index (χ1n) is 18.3. The van der Waals surface area contributed by atoms with Crippen LogP contribution in [0.5, 0.6) is 0 Å². The van der Waals surface area contributed by atoms with Crippen LogP contribution < -0.4 is 9.80 Å². The molecular formula is C38H47F3N8O3. The molecule has 0 radical (unpaired) electrons. The Morgan fingerprint density at radius 3 is 2.54 bits per heavy atom. The molecule has 11 nitrogen and oxygen atoms in total. The van der Waals surface area contributed by atoms with Crippen LogP contribution in [-0.4, -0.2) is 100 Å². The number of aromatic amines is 1. The highest BCUT2D eigenvalue weighted by Gasteiger charge is 2.37. The van der Waals surface area contributed by atoms with Gasteiger partial charge in [-0.1, -0.05) is 12.8 Å². The predicted molar refractivity (Wildman–Crippen MR) is 193 cm³/mol. The second kappa shape index (κ2) is 14.6. The minimum atomic E-state index is -4.58. The van der Waals surface area contributed by atoms with E-state index in [1.165, 1.54) is 0 Å².